The highest BCUT2D eigenvalue weighted by molar-refractivity contribution is 5.85. The lowest BCUT2D eigenvalue weighted by Gasteiger charge is -2.11. The number of rotatable bonds is 4. The van der Waals surface area contributed by atoms with Crippen molar-refractivity contribution in [1.82, 2.24) is 15.1 Å². The number of amides is 1. The maximum atomic E-state index is 11.7. The van der Waals surface area contributed by atoms with Crippen molar-refractivity contribution in [3.63, 3.8) is 0 Å². The van der Waals surface area contributed by atoms with Gasteiger partial charge >= 0.3 is 0 Å². The normalized spacial score (nSPS) is 17.5. The molecule has 0 bridgehead atoms. The number of nitrogens with one attached hydrogen (secondary N) is 1. The molecular weight excluding hydrogens is 192 g/mol. The Hall–Kier alpha value is -1.36. The predicted octanol–water partition coefficient (Wildman–Crippen LogP) is -0.225. The summed E-state index contributed by atoms with van der Waals surface area (Å²) in [6.07, 6.45) is 3.69. The first-order chi connectivity index (χ1) is 7.16. The Morgan fingerprint density at radius 1 is 1.73 bits per heavy atom. The summed E-state index contributed by atoms with van der Waals surface area (Å²) in [5.41, 5.74) is 6.17. The van der Waals surface area contributed by atoms with E-state index in [1.807, 2.05) is 19.3 Å². The van der Waals surface area contributed by atoms with E-state index in [9.17, 15) is 4.79 Å². The molecule has 1 heterocycles. The molecule has 5 nitrogen and oxygen atoms in total. The smallest absolute Gasteiger partial charge is 0.227 e. The van der Waals surface area contributed by atoms with Crippen LogP contribution in [0, 0.1) is 5.41 Å². The van der Waals surface area contributed by atoms with Crippen LogP contribution in [0.15, 0.2) is 12.3 Å². The van der Waals surface area contributed by atoms with E-state index in [1.165, 1.54) is 0 Å². The van der Waals surface area contributed by atoms with Crippen molar-refractivity contribution < 1.29 is 4.79 Å². The van der Waals surface area contributed by atoms with Gasteiger partial charge in [0.25, 0.3) is 0 Å². The van der Waals surface area contributed by atoms with Crippen molar-refractivity contribution in [1.29, 1.82) is 0 Å². The van der Waals surface area contributed by atoms with Crippen LogP contribution < -0.4 is 11.1 Å². The van der Waals surface area contributed by atoms with Crippen LogP contribution in [0.25, 0.3) is 0 Å². The minimum Gasteiger partial charge on any atom is -0.350 e. The maximum absolute atomic E-state index is 11.7. The van der Waals surface area contributed by atoms with Crippen LogP contribution in [-0.4, -0.2) is 22.2 Å². The first kappa shape index (κ1) is 10.2. The van der Waals surface area contributed by atoms with E-state index in [0.29, 0.717) is 13.1 Å². The van der Waals surface area contributed by atoms with Crippen molar-refractivity contribution in [3.8, 4) is 0 Å². The van der Waals surface area contributed by atoms with Gasteiger partial charge in [-0.1, -0.05) is 0 Å². The molecule has 1 aliphatic rings. The zero-order valence-corrected chi connectivity index (χ0v) is 8.86. The molecule has 1 aliphatic carbocycles. The first-order valence-corrected chi connectivity index (χ1v) is 5.13. The van der Waals surface area contributed by atoms with E-state index in [0.717, 1.165) is 18.5 Å². The summed E-state index contributed by atoms with van der Waals surface area (Å²) in [5, 5.41) is 7.05. The highest BCUT2D eigenvalue weighted by atomic mass is 16.2. The molecule has 2 rings (SSSR count). The minimum absolute atomic E-state index is 0.0654. The summed E-state index contributed by atoms with van der Waals surface area (Å²) in [7, 11) is 1.85. The monoisotopic (exact) mass is 208 g/mol. The molecule has 1 aromatic rings. The molecule has 0 saturated heterocycles. The quantitative estimate of drug-likeness (QED) is 0.718. The number of hydrogen-bond donors (Lipinski definition) is 2. The molecule has 0 spiro atoms. The Labute approximate surface area is 88.6 Å². The van der Waals surface area contributed by atoms with E-state index in [-0.39, 0.29) is 11.3 Å². The van der Waals surface area contributed by atoms with Crippen LogP contribution >= 0.6 is 0 Å². The van der Waals surface area contributed by atoms with Gasteiger partial charge in [0, 0.05) is 19.8 Å². The first-order valence-electron chi connectivity index (χ1n) is 5.13. The van der Waals surface area contributed by atoms with Gasteiger partial charge < -0.3 is 11.1 Å². The van der Waals surface area contributed by atoms with Crippen molar-refractivity contribution in [2.24, 2.45) is 18.2 Å². The molecule has 1 fully saturated rings. The number of carbonyl (C=O) groups is 1. The fourth-order valence-corrected chi connectivity index (χ4v) is 1.59. The third-order valence-corrected chi connectivity index (χ3v) is 2.92. The average molecular weight is 208 g/mol. The zero-order valence-electron chi connectivity index (χ0n) is 8.86. The van der Waals surface area contributed by atoms with Crippen LogP contribution in [0.5, 0.6) is 0 Å². The lowest BCUT2D eigenvalue weighted by molar-refractivity contribution is -0.126. The highest BCUT2D eigenvalue weighted by Crippen LogP contribution is 2.44. The fraction of sp³-hybridized carbons (Fsp3) is 0.600. The molecule has 0 atom stereocenters. The summed E-state index contributed by atoms with van der Waals surface area (Å²) in [6, 6.07) is 1.89. The lowest BCUT2D eigenvalue weighted by Crippen LogP contribution is -2.36. The fourth-order valence-electron chi connectivity index (χ4n) is 1.59. The molecule has 1 saturated carbocycles. The molecule has 5 heteroatoms. The number of carbonyl (C=O) groups excluding carboxylic acids is 1. The van der Waals surface area contributed by atoms with Crippen LogP contribution in [-0.2, 0) is 18.4 Å². The van der Waals surface area contributed by atoms with Crippen LogP contribution in [0.1, 0.15) is 18.5 Å². The van der Waals surface area contributed by atoms with Gasteiger partial charge in [-0.25, -0.2) is 0 Å². The summed E-state index contributed by atoms with van der Waals surface area (Å²) in [6.45, 7) is 0.933. The molecule has 0 unspecified atom stereocenters. The van der Waals surface area contributed by atoms with Crippen LogP contribution in [0.4, 0.5) is 0 Å². The van der Waals surface area contributed by atoms with E-state index < -0.39 is 0 Å². The Bertz CT molecular complexity index is 367. The number of aromatic nitrogens is 2. The predicted molar refractivity (Wildman–Crippen MR) is 55.8 cm³/mol. The number of nitrogens with two attached hydrogens (primary N) is 1. The number of nitrogens with zero attached hydrogens (tertiary/aromatic N) is 2. The van der Waals surface area contributed by atoms with Crippen molar-refractivity contribution in [3.05, 3.63) is 18.0 Å². The van der Waals surface area contributed by atoms with E-state index in [1.54, 1.807) is 4.68 Å². The van der Waals surface area contributed by atoms with Gasteiger partial charge in [-0.3, -0.25) is 9.48 Å². The SMILES string of the molecule is Cn1ccc(CNC(=O)C2(CN)CC2)n1. The molecule has 0 aromatic carbocycles. The maximum Gasteiger partial charge on any atom is 0.227 e. The molecule has 82 valence electrons. The summed E-state index contributed by atoms with van der Waals surface area (Å²) in [4.78, 5) is 11.7. The molecule has 1 amide bonds. The molecule has 3 N–H and O–H groups in total. The number of hydrogen-bond acceptors (Lipinski definition) is 3. The third-order valence-electron chi connectivity index (χ3n) is 2.92. The second-order valence-electron chi connectivity index (χ2n) is 4.15. The Balaban J connectivity index is 1.86. The Morgan fingerprint density at radius 3 is 2.93 bits per heavy atom. The summed E-state index contributed by atoms with van der Waals surface area (Å²) in [5.74, 6) is 0.0654. The van der Waals surface area contributed by atoms with Crippen molar-refractivity contribution in [2.75, 3.05) is 6.54 Å². The largest absolute Gasteiger partial charge is 0.350 e. The number of aryl methyl sites for hydroxylation is 1. The average Bonchev–Trinajstić information content (AvgIpc) is 2.93. The van der Waals surface area contributed by atoms with Gasteiger partial charge in [0.1, 0.15) is 0 Å². The Kier molecular flexibility index (Phi) is 2.48. The topological polar surface area (TPSA) is 72.9 Å². The van der Waals surface area contributed by atoms with Crippen molar-refractivity contribution >= 4 is 5.91 Å². The van der Waals surface area contributed by atoms with E-state index in [2.05, 4.69) is 10.4 Å². The zero-order chi connectivity index (χ0) is 10.9. The van der Waals surface area contributed by atoms with Gasteiger partial charge in [0.2, 0.25) is 5.91 Å². The van der Waals surface area contributed by atoms with E-state index >= 15 is 0 Å². The van der Waals surface area contributed by atoms with Gasteiger partial charge in [0.05, 0.1) is 17.7 Å². The molecular formula is C10H16N4O. The van der Waals surface area contributed by atoms with Gasteiger partial charge in [-0.2, -0.15) is 5.10 Å². The molecule has 15 heavy (non-hydrogen) atoms. The summed E-state index contributed by atoms with van der Waals surface area (Å²) < 4.78 is 1.72. The highest BCUT2D eigenvalue weighted by Gasteiger charge is 2.48. The Morgan fingerprint density at radius 2 is 2.47 bits per heavy atom. The second-order valence-corrected chi connectivity index (χ2v) is 4.15. The molecule has 0 radical (unpaired) electrons. The van der Waals surface area contributed by atoms with Gasteiger partial charge in [0.15, 0.2) is 0 Å². The van der Waals surface area contributed by atoms with Crippen LogP contribution in [0.3, 0.4) is 0 Å². The minimum atomic E-state index is -0.269. The summed E-state index contributed by atoms with van der Waals surface area (Å²) >= 11 is 0. The van der Waals surface area contributed by atoms with Gasteiger partial charge in [-0.05, 0) is 18.9 Å². The molecule has 1 aromatic heterocycles. The van der Waals surface area contributed by atoms with E-state index in [4.69, 9.17) is 5.73 Å². The standard InChI is InChI=1S/C10H16N4O/c1-14-5-2-8(13-14)6-12-9(15)10(7-11)3-4-10/h2,5H,3-4,6-7,11H2,1H3,(H,12,15). The third kappa shape index (κ3) is 2.02. The van der Waals surface area contributed by atoms with Crippen LogP contribution in [0.2, 0.25) is 0 Å². The van der Waals surface area contributed by atoms with Gasteiger partial charge in [-0.15, -0.1) is 0 Å². The van der Waals surface area contributed by atoms with Crippen molar-refractivity contribution in [2.45, 2.75) is 19.4 Å². The second kappa shape index (κ2) is 3.66. The lowest BCUT2D eigenvalue weighted by atomic mass is 10.1. The molecule has 0 aliphatic heterocycles.